The van der Waals surface area contributed by atoms with E-state index in [4.69, 9.17) is 42.1 Å². The quantitative estimate of drug-likeness (QED) is 0.0902. The Morgan fingerprint density at radius 2 is 1.68 bits per heavy atom. The number of piperidine rings is 3. The van der Waals surface area contributed by atoms with Crippen LogP contribution in [0, 0.1) is 18.0 Å². The minimum absolute atomic E-state index is 0.0753. The molecule has 262 valence electrons. The molecule has 1 amide bonds. The van der Waals surface area contributed by atoms with Crippen LogP contribution in [0.5, 0.6) is 11.5 Å². The van der Waals surface area contributed by atoms with Gasteiger partial charge >= 0.3 is 12.1 Å². The molecule has 3 saturated heterocycles. The van der Waals surface area contributed by atoms with Crippen molar-refractivity contribution in [2.24, 2.45) is 5.92 Å². The number of esters is 1. The molecule has 0 saturated carbocycles. The fourth-order valence-corrected chi connectivity index (χ4v) is 7.32. The average molecular weight is 721 g/mol. The lowest BCUT2D eigenvalue weighted by molar-refractivity contribution is -0.605. The standard InChI is InChI=1S/C38H39Cl2N3O7/c1-24-7-4-5-10-32(24)43(38(45)50-36-23-41-15-13-26(36)14-16-41)20-25-8-6-9-28(17-25)37(44)49-34(19-29-30(39)21-42(46)22-31(29)40)27-11-12-33(47-2)35(18-27)48-3/h4-12,17-18,21-22,26,34,36H,13-16,19-20,23H2,1-3H3/t34-,36-/m0/s1. The van der Waals surface area contributed by atoms with Crippen molar-refractivity contribution in [1.29, 1.82) is 0 Å². The lowest BCUT2D eigenvalue weighted by atomic mass is 9.86. The number of amides is 1. The minimum atomic E-state index is -0.872. The highest BCUT2D eigenvalue weighted by Crippen LogP contribution is 2.36. The van der Waals surface area contributed by atoms with Gasteiger partial charge in [0.25, 0.3) is 0 Å². The van der Waals surface area contributed by atoms with E-state index in [1.807, 2.05) is 37.3 Å². The number of ether oxygens (including phenoxy) is 4. The Labute approximate surface area is 301 Å². The molecule has 7 rings (SSSR count). The Bertz CT molecular complexity index is 1840. The number of benzene rings is 3. The van der Waals surface area contributed by atoms with Crippen molar-refractivity contribution >= 4 is 41.0 Å². The maximum absolute atomic E-state index is 13.8. The Morgan fingerprint density at radius 1 is 0.960 bits per heavy atom. The third-order valence-corrected chi connectivity index (χ3v) is 10.1. The van der Waals surface area contributed by atoms with Crippen LogP contribution in [0.1, 0.15) is 51.6 Å². The number of nitrogens with zero attached hydrogens (tertiary/aromatic N) is 3. The summed E-state index contributed by atoms with van der Waals surface area (Å²) in [6.45, 7) is 4.96. The Hall–Kier alpha value is -4.51. The summed E-state index contributed by atoms with van der Waals surface area (Å²) in [4.78, 5) is 31.7. The van der Waals surface area contributed by atoms with Gasteiger partial charge in [-0.2, -0.15) is 4.73 Å². The van der Waals surface area contributed by atoms with Gasteiger partial charge in [0, 0.05) is 18.5 Å². The fourth-order valence-electron chi connectivity index (χ4n) is 6.72. The molecule has 3 fully saturated rings. The number of halogens is 2. The third kappa shape index (κ3) is 7.93. The summed E-state index contributed by atoms with van der Waals surface area (Å²) in [6.07, 6.45) is 3.07. The first-order valence-electron chi connectivity index (χ1n) is 16.5. The van der Waals surface area contributed by atoms with Crippen LogP contribution in [-0.4, -0.2) is 56.9 Å². The highest BCUT2D eigenvalue weighted by Gasteiger charge is 2.37. The largest absolute Gasteiger partial charge is 0.619 e. The van der Waals surface area contributed by atoms with Crippen molar-refractivity contribution in [3.8, 4) is 11.5 Å². The lowest BCUT2D eigenvalue weighted by Gasteiger charge is -2.44. The molecule has 12 heteroatoms. The zero-order valence-electron chi connectivity index (χ0n) is 28.1. The number of carbonyl (C=O) groups is 2. The topological polar surface area (TPSA) is 104 Å². The van der Waals surface area contributed by atoms with E-state index < -0.39 is 18.2 Å². The molecule has 2 bridgehead atoms. The first kappa shape index (κ1) is 35.3. The number of methoxy groups -OCH3 is 2. The number of pyridine rings is 1. The van der Waals surface area contributed by atoms with E-state index in [1.165, 1.54) is 26.6 Å². The van der Waals surface area contributed by atoms with E-state index >= 15 is 0 Å². The summed E-state index contributed by atoms with van der Waals surface area (Å²) in [6, 6.07) is 19.8. The average Bonchev–Trinajstić information content (AvgIpc) is 3.12. The molecule has 3 aromatic carbocycles. The highest BCUT2D eigenvalue weighted by atomic mass is 35.5. The molecule has 3 aliphatic rings. The molecule has 0 radical (unpaired) electrons. The minimum Gasteiger partial charge on any atom is -0.619 e. The third-order valence-electron chi connectivity index (χ3n) is 9.45. The highest BCUT2D eigenvalue weighted by molar-refractivity contribution is 6.35. The number of hydrogen-bond donors (Lipinski definition) is 0. The maximum Gasteiger partial charge on any atom is 0.414 e. The summed E-state index contributed by atoms with van der Waals surface area (Å²) in [7, 11) is 3.04. The van der Waals surface area contributed by atoms with Gasteiger partial charge in [0.1, 0.15) is 22.3 Å². The number of aryl methyl sites for hydroxylation is 1. The predicted octanol–water partition coefficient (Wildman–Crippen LogP) is 7.33. The molecule has 0 aliphatic carbocycles. The van der Waals surface area contributed by atoms with Crippen molar-refractivity contribution in [2.75, 3.05) is 38.8 Å². The van der Waals surface area contributed by atoms with Crippen molar-refractivity contribution in [3.63, 3.8) is 0 Å². The number of carbonyl (C=O) groups excluding carboxylic acids is 2. The number of aromatic nitrogens is 1. The lowest BCUT2D eigenvalue weighted by Crippen LogP contribution is -2.53. The van der Waals surface area contributed by atoms with Gasteiger partial charge in [-0.05, 0) is 85.8 Å². The van der Waals surface area contributed by atoms with Crippen molar-refractivity contribution in [3.05, 3.63) is 122 Å². The van der Waals surface area contributed by atoms with Crippen LogP contribution in [0.3, 0.4) is 0 Å². The Morgan fingerprint density at radius 3 is 2.34 bits per heavy atom. The van der Waals surface area contributed by atoms with E-state index in [2.05, 4.69) is 4.90 Å². The van der Waals surface area contributed by atoms with Gasteiger partial charge in [-0.1, -0.05) is 59.6 Å². The summed E-state index contributed by atoms with van der Waals surface area (Å²) in [5.41, 5.74) is 3.69. The van der Waals surface area contributed by atoms with Crippen LogP contribution in [-0.2, 0) is 22.4 Å². The smallest absolute Gasteiger partial charge is 0.414 e. The molecular formula is C38H39Cl2N3O7. The molecule has 10 nitrogen and oxygen atoms in total. The maximum atomic E-state index is 13.8. The van der Waals surface area contributed by atoms with E-state index in [9.17, 15) is 14.8 Å². The molecular weight excluding hydrogens is 681 g/mol. The summed E-state index contributed by atoms with van der Waals surface area (Å²) >= 11 is 12.9. The Balaban J connectivity index is 1.26. The van der Waals surface area contributed by atoms with Gasteiger partial charge in [-0.3, -0.25) is 9.80 Å². The SMILES string of the molecule is COc1ccc([C@H](Cc2c(Cl)c[n+]([O-])cc2Cl)OC(=O)c2cccc(CN(C(=O)O[C@H]3CN4CCC3CC4)c3ccccc3C)c2)cc1OC. The van der Waals surface area contributed by atoms with Crippen LogP contribution < -0.4 is 19.1 Å². The number of anilines is 1. The molecule has 0 spiro atoms. The van der Waals surface area contributed by atoms with Crippen molar-refractivity contribution in [1.82, 2.24) is 4.90 Å². The van der Waals surface area contributed by atoms with Crippen LogP contribution in [0.25, 0.3) is 0 Å². The summed E-state index contributed by atoms with van der Waals surface area (Å²) < 4.78 is 23.7. The van der Waals surface area contributed by atoms with Crippen molar-refractivity contribution < 1.29 is 33.3 Å². The van der Waals surface area contributed by atoms with Crippen LogP contribution in [0.2, 0.25) is 10.0 Å². The van der Waals surface area contributed by atoms with Gasteiger partial charge in [-0.25, -0.2) is 9.59 Å². The van der Waals surface area contributed by atoms with E-state index in [0.29, 0.717) is 38.8 Å². The second-order valence-electron chi connectivity index (χ2n) is 12.6. The molecule has 3 aliphatic heterocycles. The molecule has 2 atom stereocenters. The van der Waals surface area contributed by atoms with E-state index in [-0.39, 0.29) is 34.7 Å². The summed E-state index contributed by atoms with van der Waals surface area (Å²) in [5.74, 6) is 0.701. The van der Waals surface area contributed by atoms with Gasteiger partial charge in [0.15, 0.2) is 23.9 Å². The molecule has 0 unspecified atom stereocenters. The predicted molar refractivity (Wildman–Crippen MR) is 190 cm³/mol. The Kier molecular flexibility index (Phi) is 11.0. The zero-order chi connectivity index (χ0) is 35.4. The van der Waals surface area contributed by atoms with Gasteiger partial charge < -0.3 is 24.2 Å². The second-order valence-corrected chi connectivity index (χ2v) is 13.5. The number of hydrogen-bond acceptors (Lipinski definition) is 8. The van der Waals surface area contributed by atoms with Crippen LogP contribution in [0.4, 0.5) is 10.5 Å². The molecule has 1 aromatic heterocycles. The van der Waals surface area contributed by atoms with Crippen LogP contribution in [0.15, 0.2) is 79.1 Å². The van der Waals surface area contributed by atoms with E-state index in [1.54, 1.807) is 41.3 Å². The molecule has 4 aromatic rings. The molecule has 4 heterocycles. The molecule has 50 heavy (non-hydrogen) atoms. The first-order chi connectivity index (χ1) is 24.1. The number of para-hydroxylation sites is 1. The van der Waals surface area contributed by atoms with Gasteiger partial charge in [-0.15, -0.1) is 0 Å². The van der Waals surface area contributed by atoms with Crippen molar-refractivity contribution in [2.45, 2.75) is 44.9 Å². The normalized spacial score (nSPS) is 18.6. The first-order valence-corrected chi connectivity index (χ1v) is 17.2. The zero-order valence-corrected chi connectivity index (χ0v) is 29.7. The van der Waals surface area contributed by atoms with E-state index in [0.717, 1.165) is 43.7 Å². The number of rotatable bonds is 11. The number of fused-ring (bicyclic) bond motifs is 3. The second kappa shape index (κ2) is 15.6. The van der Waals surface area contributed by atoms with Gasteiger partial charge in [0.05, 0.1) is 32.0 Å². The monoisotopic (exact) mass is 719 g/mol. The van der Waals surface area contributed by atoms with Gasteiger partial charge in [0.2, 0.25) is 0 Å². The summed E-state index contributed by atoms with van der Waals surface area (Å²) in [5, 5.41) is 12.2. The molecule has 0 N–H and O–H groups in total. The van der Waals surface area contributed by atoms with Crippen LogP contribution >= 0.6 is 23.2 Å². The fraction of sp³-hybridized carbons (Fsp3) is 0.342.